The van der Waals surface area contributed by atoms with Gasteiger partial charge in [0, 0.05) is 24.3 Å². The number of nitrogens with one attached hydrogen (secondary N) is 2. The van der Waals surface area contributed by atoms with E-state index < -0.39 is 17.5 Å². The standard InChI is InChI=1S/C15H20N4O3S/c1-8(2)5-11(13(21)16-4)18-12(20)10-6-17-15-19(14(10)22)9(3)7-23-15/h6-8,11H,5H2,1-4H3,(H,16,21)(H,18,20)/t11-/m1/s1. The molecule has 124 valence electrons. The van der Waals surface area contributed by atoms with Gasteiger partial charge in [-0.05, 0) is 19.3 Å². The fourth-order valence-electron chi connectivity index (χ4n) is 2.29. The molecule has 23 heavy (non-hydrogen) atoms. The molecule has 0 radical (unpaired) electrons. The maximum absolute atomic E-state index is 12.5. The Morgan fingerprint density at radius 2 is 2.09 bits per heavy atom. The highest BCUT2D eigenvalue weighted by Gasteiger charge is 2.23. The van der Waals surface area contributed by atoms with Crippen LogP contribution in [0.25, 0.3) is 4.96 Å². The number of aryl methyl sites for hydroxylation is 1. The van der Waals surface area contributed by atoms with Crippen molar-refractivity contribution < 1.29 is 9.59 Å². The predicted octanol–water partition coefficient (Wildman–Crippen LogP) is 0.955. The number of likely N-dealkylation sites (N-methyl/N-ethyl adjacent to an activating group) is 1. The van der Waals surface area contributed by atoms with E-state index in [0.717, 1.165) is 5.69 Å². The van der Waals surface area contributed by atoms with Gasteiger partial charge in [-0.2, -0.15) is 0 Å². The number of amides is 2. The summed E-state index contributed by atoms with van der Waals surface area (Å²) < 4.78 is 1.40. The first-order chi connectivity index (χ1) is 10.8. The second kappa shape index (κ2) is 6.91. The molecule has 2 aromatic heterocycles. The van der Waals surface area contributed by atoms with Crippen LogP contribution in [0.15, 0.2) is 16.4 Å². The van der Waals surface area contributed by atoms with E-state index in [1.807, 2.05) is 13.8 Å². The first-order valence-corrected chi connectivity index (χ1v) is 8.21. The molecule has 0 saturated carbocycles. The molecule has 2 aromatic rings. The Morgan fingerprint density at radius 1 is 1.39 bits per heavy atom. The number of hydrogen-bond donors (Lipinski definition) is 2. The molecule has 0 fully saturated rings. The van der Waals surface area contributed by atoms with Crippen LogP contribution in [0.4, 0.5) is 0 Å². The van der Waals surface area contributed by atoms with Crippen molar-refractivity contribution in [1.82, 2.24) is 20.0 Å². The lowest BCUT2D eigenvalue weighted by Gasteiger charge is -2.18. The molecule has 2 amide bonds. The number of hydrogen-bond acceptors (Lipinski definition) is 5. The van der Waals surface area contributed by atoms with E-state index in [4.69, 9.17) is 0 Å². The quantitative estimate of drug-likeness (QED) is 0.850. The SMILES string of the molecule is CNC(=O)[C@@H](CC(C)C)NC(=O)c1cnc2scc(C)n2c1=O. The molecular formula is C15H20N4O3S. The second-order valence-electron chi connectivity index (χ2n) is 5.74. The maximum Gasteiger partial charge on any atom is 0.271 e. The molecule has 7 nitrogen and oxygen atoms in total. The largest absolute Gasteiger partial charge is 0.357 e. The summed E-state index contributed by atoms with van der Waals surface area (Å²) in [6.07, 6.45) is 1.75. The van der Waals surface area contributed by atoms with Crippen molar-refractivity contribution >= 4 is 28.1 Å². The molecule has 8 heteroatoms. The van der Waals surface area contributed by atoms with E-state index >= 15 is 0 Å². The van der Waals surface area contributed by atoms with Gasteiger partial charge in [-0.25, -0.2) is 4.98 Å². The molecule has 0 aliphatic rings. The summed E-state index contributed by atoms with van der Waals surface area (Å²) in [6.45, 7) is 5.69. The number of carbonyl (C=O) groups is 2. The third kappa shape index (κ3) is 3.58. The van der Waals surface area contributed by atoms with E-state index in [1.165, 1.54) is 29.0 Å². The zero-order valence-electron chi connectivity index (χ0n) is 13.5. The van der Waals surface area contributed by atoms with Gasteiger partial charge in [0.2, 0.25) is 5.91 Å². The summed E-state index contributed by atoms with van der Waals surface area (Å²) in [5.74, 6) is -0.650. The highest BCUT2D eigenvalue weighted by Crippen LogP contribution is 2.11. The summed E-state index contributed by atoms with van der Waals surface area (Å²) in [4.78, 5) is 41.5. The van der Waals surface area contributed by atoms with Crippen LogP contribution in [0.1, 0.15) is 36.3 Å². The number of fused-ring (bicyclic) bond motifs is 1. The molecular weight excluding hydrogens is 316 g/mol. The molecule has 1 atom stereocenters. The van der Waals surface area contributed by atoms with Gasteiger partial charge in [-0.1, -0.05) is 13.8 Å². The van der Waals surface area contributed by atoms with Gasteiger partial charge in [0.25, 0.3) is 11.5 Å². The minimum absolute atomic E-state index is 0.0679. The molecule has 0 aliphatic heterocycles. The van der Waals surface area contributed by atoms with E-state index in [0.29, 0.717) is 11.4 Å². The van der Waals surface area contributed by atoms with Crippen LogP contribution >= 0.6 is 11.3 Å². The van der Waals surface area contributed by atoms with Crippen LogP contribution in [0.2, 0.25) is 0 Å². The molecule has 0 unspecified atom stereocenters. The van der Waals surface area contributed by atoms with Gasteiger partial charge >= 0.3 is 0 Å². The molecule has 0 aromatic carbocycles. The summed E-state index contributed by atoms with van der Waals surface area (Å²) in [5, 5.41) is 6.96. The van der Waals surface area contributed by atoms with E-state index in [2.05, 4.69) is 15.6 Å². The molecule has 2 N–H and O–H groups in total. The minimum Gasteiger partial charge on any atom is -0.357 e. The maximum atomic E-state index is 12.5. The van der Waals surface area contributed by atoms with Crippen molar-refractivity contribution in [3.8, 4) is 0 Å². The third-order valence-corrected chi connectivity index (χ3v) is 4.39. The Morgan fingerprint density at radius 3 is 2.70 bits per heavy atom. The first-order valence-electron chi connectivity index (χ1n) is 7.33. The lowest BCUT2D eigenvalue weighted by molar-refractivity contribution is -0.122. The fraction of sp³-hybridized carbons (Fsp3) is 0.467. The monoisotopic (exact) mass is 336 g/mol. The molecule has 2 heterocycles. The lowest BCUT2D eigenvalue weighted by atomic mass is 10.0. The van der Waals surface area contributed by atoms with E-state index in [9.17, 15) is 14.4 Å². The van der Waals surface area contributed by atoms with Crippen molar-refractivity contribution in [2.75, 3.05) is 7.05 Å². The summed E-state index contributed by atoms with van der Waals surface area (Å²) in [5.41, 5.74) is 0.232. The topological polar surface area (TPSA) is 92.6 Å². The Bertz CT molecular complexity index is 794. The molecule has 0 bridgehead atoms. The van der Waals surface area contributed by atoms with Crippen molar-refractivity contribution in [1.29, 1.82) is 0 Å². The van der Waals surface area contributed by atoms with Crippen molar-refractivity contribution in [3.05, 3.63) is 33.2 Å². The highest BCUT2D eigenvalue weighted by molar-refractivity contribution is 7.15. The Labute approximate surface area is 137 Å². The van der Waals surface area contributed by atoms with Gasteiger partial charge in [0.15, 0.2) is 4.96 Å². The smallest absolute Gasteiger partial charge is 0.271 e. The van der Waals surface area contributed by atoms with Crippen molar-refractivity contribution in [2.24, 2.45) is 5.92 Å². The second-order valence-corrected chi connectivity index (χ2v) is 6.58. The predicted molar refractivity (Wildman–Crippen MR) is 88.9 cm³/mol. The first kappa shape index (κ1) is 17.1. The zero-order valence-corrected chi connectivity index (χ0v) is 14.4. The molecule has 2 rings (SSSR count). The van der Waals surface area contributed by atoms with Gasteiger partial charge in [-0.3, -0.25) is 18.8 Å². The number of carbonyl (C=O) groups excluding carboxylic acids is 2. The van der Waals surface area contributed by atoms with E-state index in [1.54, 1.807) is 12.3 Å². The molecule has 0 aliphatic carbocycles. The van der Waals surface area contributed by atoms with Crippen LogP contribution in [-0.4, -0.2) is 34.3 Å². The van der Waals surface area contributed by atoms with E-state index in [-0.39, 0.29) is 17.4 Å². The highest BCUT2D eigenvalue weighted by atomic mass is 32.1. The molecule has 0 saturated heterocycles. The number of rotatable bonds is 5. The van der Waals surface area contributed by atoms with Gasteiger partial charge < -0.3 is 10.6 Å². The number of aromatic nitrogens is 2. The van der Waals surface area contributed by atoms with Crippen molar-refractivity contribution in [2.45, 2.75) is 33.2 Å². The summed E-state index contributed by atoms with van der Waals surface area (Å²) >= 11 is 1.34. The third-order valence-electron chi connectivity index (χ3n) is 3.44. The fourth-order valence-corrected chi connectivity index (χ4v) is 3.12. The number of nitrogens with zero attached hydrogens (tertiary/aromatic N) is 2. The van der Waals surface area contributed by atoms with Crippen LogP contribution in [0.3, 0.4) is 0 Å². The Balaban J connectivity index is 2.32. The van der Waals surface area contributed by atoms with Crippen LogP contribution < -0.4 is 16.2 Å². The normalized spacial score (nSPS) is 12.4. The van der Waals surface area contributed by atoms with Crippen molar-refractivity contribution in [3.63, 3.8) is 0 Å². The minimum atomic E-state index is -0.684. The van der Waals surface area contributed by atoms with Gasteiger partial charge in [-0.15, -0.1) is 11.3 Å². The van der Waals surface area contributed by atoms with Crippen LogP contribution in [0, 0.1) is 12.8 Å². The summed E-state index contributed by atoms with van der Waals surface area (Å²) in [7, 11) is 1.51. The Hall–Kier alpha value is -2.22. The van der Waals surface area contributed by atoms with Gasteiger partial charge in [0.05, 0.1) is 0 Å². The van der Waals surface area contributed by atoms with Crippen LogP contribution in [-0.2, 0) is 4.79 Å². The summed E-state index contributed by atoms with van der Waals surface area (Å²) in [6, 6.07) is -0.684. The van der Waals surface area contributed by atoms with Gasteiger partial charge in [0.1, 0.15) is 11.6 Å². The average Bonchev–Trinajstić information content (AvgIpc) is 2.87. The Kier molecular flexibility index (Phi) is 5.15. The lowest BCUT2D eigenvalue weighted by Crippen LogP contribution is -2.47. The molecule has 0 spiro atoms. The van der Waals surface area contributed by atoms with Crippen LogP contribution in [0.5, 0.6) is 0 Å². The number of thiazole rings is 1. The zero-order chi connectivity index (χ0) is 17.1. The average molecular weight is 336 g/mol.